The van der Waals surface area contributed by atoms with Gasteiger partial charge in [0.15, 0.2) is 0 Å². The number of carbonyl (C=O) groups is 1. The SMILES string of the molecule is Cc1nc2ncnn2c(C)c1CCC(=O)N1CCN(C(c2ccccc2)c2ccccc2)CC1. The molecule has 1 aliphatic rings. The van der Waals surface area contributed by atoms with E-state index in [9.17, 15) is 4.79 Å². The highest BCUT2D eigenvalue weighted by atomic mass is 16.2. The molecule has 7 heteroatoms. The highest BCUT2D eigenvalue weighted by Crippen LogP contribution is 2.29. The van der Waals surface area contributed by atoms with Gasteiger partial charge in [-0.15, -0.1) is 0 Å². The number of piperazine rings is 1. The van der Waals surface area contributed by atoms with Crippen LogP contribution >= 0.6 is 0 Å². The fraction of sp³-hybridized carbons (Fsp3) is 0.333. The maximum atomic E-state index is 13.1. The maximum absolute atomic E-state index is 13.1. The van der Waals surface area contributed by atoms with Crippen LogP contribution in [0.15, 0.2) is 67.0 Å². The summed E-state index contributed by atoms with van der Waals surface area (Å²) in [6, 6.07) is 21.5. The Morgan fingerprint density at radius 1 is 0.912 bits per heavy atom. The minimum atomic E-state index is 0.199. The van der Waals surface area contributed by atoms with Crippen LogP contribution in [0.3, 0.4) is 0 Å². The third-order valence-electron chi connectivity index (χ3n) is 6.84. The summed E-state index contributed by atoms with van der Waals surface area (Å²) in [5, 5.41) is 4.25. The van der Waals surface area contributed by atoms with E-state index in [4.69, 9.17) is 0 Å². The van der Waals surface area contributed by atoms with Crippen molar-refractivity contribution in [3.8, 4) is 0 Å². The van der Waals surface area contributed by atoms with Crippen LogP contribution in [0, 0.1) is 13.8 Å². The van der Waals surface area contributed by atoms with Gasteiger partial charge in [0, 0.05) is 44.0 Å². The van der Waals surface area contributed by atoms with Crippen molar-refractivity contribution in [3.05, 3.63) is 95.1 Å². The van der Waals surface area contributed by atoms with Gasteiger partial charge in [0.2, 0.25) is 5.91 Å². The van der Waals surface area contributed by atoms with Crippen LogP contribution in [-0.2, 0) is 11.2 Å². The molecule has 3 heterocycles. The molecule has 5 rings (SSSR count). The number of aromatic nitrogens is 4. The van der Waals surface area contributed by atoms with Gasteiger partial charge in [-0.05, 0) is 37.0 Å². The lowest BCUT2D eigenvalue weighted by Gasteiger charge is -2.40. The molecule has 34 heavy (non-hydrogen) atoms. The second-order valence-electron chi connectivity index (χ2n) is 8.87. The number of nitrogens with zero attached hydrogens (tertiary/aromatic N) is 6. The van der Waals surface area contributed by atoms with E-state index in [0.29, 0.717) is 18.6 Å². The summed E-state index contributed by atoms with van der Waals surface area (Å²) in [4.78, 5) is 26.3. The number of rotatable bonds is 6. The number of carbonyl (C=O) groups excluding carboxylic acids is 1. The third kappa shape index (κ3) is 4.43. The molecule has 2 aromatic heterocycles. The van der Waals surface area contributed by atoms with E-state index >= 15 is 0 Å². The standard InChI is InChI=1S/C27H30N6O/c1-20-24(21(2)33-27(30-20)28-19-29-33)13-14-25(34)31-15-17-32(18-16-31)26(22-9-5-3-6-10-22)23-11-7-4-8-12-23/h3-12,19,26H,13-18H2,1-2H3. The molecule has 0 unspecified atom stereocenters. The van der Waals surface area contributed by atoms with E-state index in [1.165, 1.54) is 17.5 Å². The van der Waals surface area contributed by atoms with Crippen molar-refractivity contribution in [1.82, 2.24) is 29.4 Å². The summed E-state index contributed by atoms with van der Waals surface area (Å²) in [5.41, 5.74) is 5.58. The Balaban J connectivity index is 1.24. The quantitative estimate of drug-likeness (QED) is 0.445. The van der Waals surface area contributed by atoms with Gasteiger partial charge in [-0.3, -0.25) is 9.69 Å². The van der Waals surface area contributed by atoms with Crippen molar-refractivity contribution in [3.63, 3.8) is 0 Å². The lowest BCUT2D eigenvalue weighted by molar-refractivity contribution is -0.133. The van der Waals surface area contributed by atoms with Gasteiger partial charge < -0.3 is 4.90 Å². The zero-order chi connectivity index (χ0) is 23.5. The van der Waals surface area contributed by atoms with Crippen molar-refractivity contribution >= 4 is 11.7 Å². The lowest BCUT2D eigenvalue weighted by Crippen LogP contribution is -2.49. The zero-order valence-electron chi connectivity index (χ0n) is 19.8. The predicted octanol–water partition coefficient (Wildman–Crippen LogP) is 3.61. The fourth-order valence-electron chi connectivity index (χ4n) is 5.02. The first-order valence-corrected chi connectivity index (χ1v) is 11.9. The average Bonchev–Trinajstić information content (AvgIpc) is 3.34. The number of amides is 1. The van der Waals surface area contributed by atoms with Crippen LogP contribution < -0.4 is 0 Å². The van der Waals surface area contributed by atoms with Crippen LogP contribution in [0.25, 0.3) is 5.78 Å². The van der Waals surface area contributed by atoms with Crippen LogP contribution in [0.4, 0.5) is 0 Å². The molecule has 4 aromatic rings. The summed E-state index contributed by atoms with van der Waals surface area (Å²) >= 11 is 0. The highest BCUT2D eigenvalue weighted by molar-refractivity contribution is 5.76. The molecule has 1 aliphatic heterocycles. The van der Waals surface area contributed by atoms with Gasteiger partial charge in [0.05, 0.1) is 6.04 Å². The molecule has 0 aliphatic carbocycles. The number of fused-ring (bicyclic) bond motifs is 1. The minimum absolute atomic E-state index is 0.199. The van der Waals surface area contributed by atoms with Crippen molar-refractivity contribution in [2.45, 2.75) is 32.7 Å². The molecule has 0 spiro atoms. The van der Waals surface area contributed by atoms with Crippen molar-refractivity contribution in [1.29, 1.82) is 0 Å². The monoisotopic (exact) mass is 454 g/mol. The number of hydrogen-bond donors (Lipinski definition) is 0. The van der Waals surface area contributed by atoms with Gasteiger partial charge >= 0.3 is 0 Å². The molecule has 0 N–H and O–H groups in total. The molecule has 174 valence electrons. The highest BCUT2D eigenvalue weighted by Gasteiger charge is 2.28. The van der Waals surface area contributed by atoms with Crippen LogP contribution in [0.2, 0.25) is 0 Å². The van der Waals surface area contributed by atoms with Gasteiger partial charge in [0.25, 0.3) is 5.78 Å². The Labute approximate surface area is 200 Å². The molecule has 0 bridgehead atoms. The summed E-state index contributed by atoms with van der Waals surface area (Å²) in [5.74, 6) is 0.806. The molecule has 0 saturated carbocycles. The first kappa shape index (κ1) is 22.2. The molecule has 0 radical (unpaired) electrons. The van der Waals surface area contributed by atoms with Gasteiger partial charge in [-0.2, -0.15) is 10.1 Å². The van der Waals surface area contributed by atoms with Crippen LogP contribution in [0.1, 0.15) is 40.5 Å². The molecular formula is C27H30N6O. The molecule has 1 saturated heterocycles. The fourth-order valence-corrected chi connectivity index (χ4v) is 5.02. The van der Waals surface area contributed by atoms with E-state index in [2.05, 4.69) is 80.6 Å². The maximum Gasteiger partial charge on any atom is 0.252 e. The average molecular weight is 455 g/mol. The zero-order valence-corrected chi connectivity index (χ0v) is 19.8. The number of benzene rings is 2. The van der Waals surface area contributed by atoms with Crippen LogP contribution in [0.5, 0.6) is 0 Å². The van der Waals surface area contributed by atoms with E-state index < -0.39 is 0 Å². The predicted molar refractivity (Wildman–Crippen MR) is 131 cm³/mol. The van der Waals surface area contributed by atoms with E-state index in [1.807, 2.05) is 18.7 Å². The summed E-state index contributed by atoms with van der Waals surface area (Å²) in [6.07, 6.45) is 2.65. The van der Waals surface area contributed by atoms with Gasteiger partial charge in [0.1, 0.15) is 6.33 Å². The molecule has 1 fully saturated rings. The van der Waals surface area contributed by atoms with E-state index in [1.54, 1.807) is 4.52 Å². The van der Waals surface area contributed by atoms with E-state index in [-0.39, 0.29) is 11.9 Å². The third-order valence-corrected chi connectivity index (χ3v) is 6.84. The largest absolute Gasteiger partial charge is 0.340 e. The van der Waals surface area contributed by atoms with Crippen molar-refractivity contribution < 1.29 is 4.79 Å². The minimum Gasteiger partial charge on any atom is -0.340 e. The topological polar surface area (TPSA) is 66.6 Å². The van der Waals surface area contributed by atoms with Gasteiger partial charge in [-0.1, -0.05) is 60.7 Å². The van der Waals surface area contributed by atoms with Crippen molar-refractivity contribution in [2.75, 3.05) is 26.2 Å². The molecule has 7 nitrogen and oxygen atoms in total. The van der Waals surface area contributed by atoms with Crippen LogP contribution in [-0.4, -0.2) is 61.5 Å². The Morgan fingerprint density at radius 2 is 1.53 bits per heavy atom. The Kier molecular flexibility index (Phi) is 6.36. The molecule has 0 atom stereocenters. The van der Waals surface area contributed by atoms with Crippen molar-refractivity contribution in [2.24, 2.45) is 0 Å². The smallest absolute Gasteiger partial charge is 0.252 e. The molecule has 2 aromatic carbocycles. The Hall–Kier alpha value is -3.58. The summed E-state index contributed by atoms with van der Waals surface area (Å²) < 4.78 is 1.75. The molecule has 1 amide bonds. The normalized spacial score (nSPS) is 14.7. The van der Waals surface area contributed by atoms with E-state index in [0.717, 1.165) is 43.1 Å². The van der Waals surface area contributed by atoms with Gasteiger partial charge in [-0.25, -0.2) is 9.50 Å². The number of aryl methyl sites for hydroxylation is 2. The number of hydrogen-bond acceptors (Lipinski definition) is 5. The Bertz CT molecular complexity index is 1220. The first-order valence-electron chi connectivity index (χ1n) is 11.9. The Morgan fingerprint density at radius 3 is 2.15 bits per heavy atom. The second-order valence-corrected chi connectivity index (χ2v) is 8.87. The summed E-state index contributed by atoms with van der Waals surface area (Å²) in [6.45, 7) is 7.19. The first-order chi connectivity index (χ1) is 16.6. The lowest BCUT2D eigenvalue weighted by atomic mass is 9.96. The second kappa shape index (κ2) is 9.73. The summed E-state index contributed by atoms with van der Waals surface area (Å²) in [7, 11) is 0. The molecular weight excluding hydrogens is 424 g/mol.